The van der Waals surface area contributed by atoms with Crippen LogP contribution in [-0.4, -0.2) is 30.1 Å². The molecule has 0 bridgehead atoms. The third-order valence-electron chi connectivity index (χ3n) is 1.91. The molecular formula is C9H10N2O4. The van der Waals surface area contributed by atoms with Crippen molar-refractivity contribution < 1.29 is 14.8 Å². The fourth-order valence-corrected chi connectivity index (χ4v) is 1.27. The van der Waals surface area contributed by atoms with E-state index in [1.54, 1.807) is 14.1 Å². The van der Waals surface area contributed by atoms with Gasteiger partial charge in [0, 0.05) is 20.2 Å². The second-order valence-electron chi connectivity index (χ2n) is 3.13. The number of nitro benzene ring substituents is 1. The number of aromatic carboxylic acids is 1. The molecule has 0 heterocycles. The van der Waals surface area contributed by atoms with Gasteiger partial charge in [0.15, 0.2) is 5.56 Å². The molecule has 1 rings (SSSR count). The summed E-state index contributed by atoms with van der Waals surface area (Å²) in [4.78, 5) is 22.4. The number of rotatable bonds is 3. The zero-order valence-corrected chi connectivity index (χ0v) is 8.30. The van der Waals surface area contributed by atoms with Gasteiger partial charge in [-0.3, -0.25) is 10.1 Å². The summed E-state index contributed by atoms with van der Waals surface area (Å²) in [5, 5.41) is 19.5. The number of hydrogen-bond donors (Lipinski definition) is 1. The summed E-state index contributed by atoms with van der Waals surface area (Å²) in [6.07, 6.45) is 0. The van der Waals surface area contributed by atoms with Crippen LogP contribution in [-0.2, 0) is 0 Å². The van der Waals surface area contributed by atoms with Crippen LogP contribution in [0, 0.1) is 10.1 Å². The number of carboxylic acid groups (broad SMARTS) is 1. The largest absolute Gasteiger partial charge is 0.477 e. The average Bonchev–Trinajstić information content (AvgIpc) is 2.16. The fraction of sp³-hybridized carbons (Fsp3) is 0.222. The first kappa shape index (κ1) is 11.0. The highest BCUT2D eigenvalue weighted by atomic mass is 16.6. The minimum Gasteiger partial charge on any atom is -0.477 e. The molecule has 6 nitrogen and oxygen atoms in total. The molecule has 0 fully saturated rings. The Labute approximate surface area is 85.9 Å². The van der Waals surface area contributed by atoms with E-state index in [0.29, 0.717) is 5.69 Å². The van der Waals surface area contributed by atoms with Gasteiger partial charge in [0.25, 0.3) is 5.69 Å². The van der Waals surface area contributed by atoms with Gasteiger partial charge < -0.3 is 10.0 Å². The number of nitrogens with zero attached hydrogens (tertiary/aromatic N) is 2. The Balaban J connectivity index is 3.48. The molecule has 1 aromatic carbocycles. The molecular weight excluding hydrogens is 200 g/mol. The van der Waals surface area contributed by atoms with Crippen LogP contribution in [0.15, 0.2) is 18.2 Å². The van der Waals surface area contributed by atoms with Crippen molar-refractivity contribution in [1.82, 2.24) is 0 Å². The number of carbonyl (C=O) groups is 1. The molecule has 0 amide bonds. The molecule has 0 radical (unpaired) electrons. The molecule has 0 saturated carbocycles. The van der Waals surface area contributed by atoms with Crippen molar-refractivity contribution >= 4 is 17.3 Å². The van der Waals surface area contributed by atoms with Crippen molar-refractivity contribution in [2.45, 2.75) is 0 Å². The third-order valence-corrected chi connectivity index (χ3v) is 1.91. The molecule has 6 heteroatoms. The highest BCUT2D eigenvalue weighted by molar-refractivity contribution is 5.98. The average molecular weight is 210 g/mol. The molecule has 15 heavy (non-hydrogen) atoms. The summed E-state index contributed by atoms with van der Waals surface area (Å²) in [5.41, 5.74) is -0.363. The van der Waals surface area contributed by atoms with E-state index < -0.39 is 16.6 Å². The van der Waals surface area contributed by atoms with Crippen LogP contribution in [0.4, 0.5) is 11.4 Å². The second-order valence-corrected chi connectivity index (χ2v) is 3.13. The maximum absolute atomic E-state index is 10.9. The van der Waals surface area contributed by atoms with Crippen molar-refractivity contribution in [2.75, 3.05) is 19.0 Å². The number of benzene rings is 1. The van der Waals surface area contributed by atoms with Gasteiger partial charge in [-0.2, -0.15) is 0 Å². The van der Waals surface area contributed by atoms with Gasteiger partial charge in [-0.1, -0.05) is 6.07 Å². The molecule has 80 valence electrons. The predicted octanol–water partition coefficient (Wildman–Crippen LogP) is 1.36. The summed E-state index contributed by atoms with van der Waals surface area (Å²) in [7, 11) is 3.26. The lowest BCUT2D eigenvalue weighted by atomic mass is 10.1. The molecule has 1 N–H and O–H groups in total. The van der Waals surface area contributed by atoms with Crippen LogP contribution < -0.4 is 4.90 Å². The Morgan fingerprint density at radius 1 is 1.47 bits per heavy atom. The van der Waals surface area contributed by atoms with Crippen molar-refractivity contribution in [2.24, 2.45) is 0 Å². The molecule has 0 unspecified atom stereocenters. The summed E-state index contributed by atoms with van der Waals surface area (Å²) < 4.78 is 0. The Morgan fingerprint density at radius 3 is 2.47 bits per heavy atom. The molecule has 0 aliphatic carbocycles. The fourth-order valence-electron chi connectivity index (χ4n) is 1.27. The van der Waals surface area contributed by atoms with Crippen LogP contribution in [0.3, 0.4) is 0 Å². The van der Waals surface area contributed by atoms with Crippen molar-refractivity contribution in [3.8, 4) is 0 Å². The Bertz CT molecular complexity index is 415. The van der Waals surface area contributed by atoms with Gasteiger partial charge in [-0.15, -0.1) is 0 Å². The zero-order chi connectivity index (χ0) is 11.6. The highest BCUT2D eigenvalue weighted by Gasteiger charge is 2.24. The highest BCUT2D eigenvalue weighted by Crippen LogP contribution is 2.27. The SMILES string of the molecule is CN(C)c1cccc([N+](=O)[O-])c1C(=O)O. The Kier molecular flexibility index (Phi) is 2.89. The monoisotopic (exact) mass is 210 g/mol. The van der Waals surface area contributed by atoms with Gasteiger partial charge in [0.1, 0.15) is 0 Å². The van der Waals surface area contributed by atoms with E-state index in [4.69, 9.17) is 5.11 Å². The van der Waals surface area contributed by atoms with Crippen LogP contribution in [0.5, 0.6) is 0 Å². The van der Waals surface area contributed by atoms with Gasteiger partial charge >= 0.3 is 5.97 Å². The number of carboxylic acids is 1. The lowest BCUT2D eigenvalue weighted by Crippen LogP contribution is -2.15. The van der Waals surface area contributed by atoms with E-state index in [1.165, 1.54) is 23.1 Å². The standard InChI is InChI=1S/C9H10N2O4/c1-10(2)6-4-3-5-7(11(14)15)8(6)9(12)13/h3-5H,1-2H3,(H,12,13). The maximum atomic E-state index is 10.9. The summed E-state index contributed by atoms with van der Waals surface area (Å²) in [6, 6.07) is 4.16. The zero-order valence-electron chi connectivity index (χ0n) is 8.30. The maximum Gasteiger partial charge on any atom is 0.344 e. The first-order valence-electron chi connectivity index (χ1n) is 4.13. The third kappa shape index (κ3) is 2.04. The van der Waals surface area contributed by atoms with Crippen molar-refractivity contribution in [3.63, 3.8) is 0 Å². The number of anilines is 1. The normalized spacial score (nSPS) is 9.73. The number of hydrogen-bond acceptors (Lipinski definition) is 4. The Hall–Kier alpha value is -2.11. The summed E-state index contributed by atoms with van der Waals surface area (Å²) in [5.74, 6) is -1.30. The van der Waals surface area contributed by atoms with Crippen LogP contribution in [0.25, 0.3) is 0 Å². The molecule has 0 saturated heterocycles. The lowest BCUT2D eigenvalue weighted by Gasteiger charge is -2.14. The van der Waals surface area contributed by atoms with Crippen molar-refractivity contribution in [3.05, 3.63) is 33.9 Å². The summed E-state index contributed by atoms with van der Waals surface area (Å²) >= 11 is 0. The Morgan fingerprint density at radius 2 is 2.07 bits per heavy atom. The minimum atomic E-state index is -1.30. The minimum absolute atomic E-state index is 0.285. The number of nitro groups is 1. The molecule has 0 aromatic heterocycles. The van der Waals surface area contributed by atoms with Crippen LogP contribution >= 0.6 is 0 Å². The van der Waals surface area contributed by atoms with E-state index in [-0.39, 0.29) is 5.56 Å². The van der Waals surface area contributed by atoms with E-state index in [2.05, 4.69) is 0 Å². The molecule has 0 spiro atoms. The molecule has 0 aliphatic heterocycles. The quantitative estimate of drug-likeness (QED) is 0.601. The van der Waals surface area contributed by atoms with Crippen LogP contribution in [0.1, 0.15) is 10.4 Å². The van der Waals surface area contributed by atoms with Crippen molar-refractivity contribution in [1.29, 1.82) is 0 Å². The topological polar surface area (TPSA) is 83.7 Å². The predicted molar refractivity (Wildman–Crippen MR) is 54.4 cm³/mol. The molecule has 0 aliphatic rings. The van der Waals surface area contributed by atoms with E-state index in [9.17, 15) is 14.9 Å². The first-order chi connectivity index (χ1) is 6.95. The smallest absolute Gasteiger partial charge is 0.344 e. The summed E-state index contributed by atoms with van der Waals surface area (Å²) in [6.45, 7) is 0. The second kappa shape index (κ2) is 3.95. The van der Waals surface area contributed by atoms with Gasteiger partial charge in [0.2, 0.25) is 0 Å². The molecule has 1 aromatic rings. The van der Waals surface area contributed by atoms with Gasteiger partial charge in [0.05, 0.1) is 10.6 Å². The van der Waals surface area contributed by atoms with Gasteiger partial charge in [-0.25, -0.2) is 4.79 Å². The van der Waals surface area contributed by atoms with Gasteiger partial charge in [-0.05, 0) is 6.07 Å². The van der Waals surface area contributed by atoms with E-state index in [0.717, 1.165) is 0 Å². The lowest BCUT2D eigenvalue weighted by molar-refractivity contribution is -0.385. The van der Waals surface area contributed by atoms with E-state index in [1.807, 2.05) is 0 Å². The van der Waals surface area contributed by atoms with Crippen LogP contribution in [0.2, 0.25) is 0 Å². The first-order valence-corrected chi connectivity index (χ1v) is 4.13. The molecule has 0 atom stereocenters. The van der Waals surface area contributed by atoms with E-state index >= 15 is 0 Å².